The van der Waals surface area contributed by atoms with Gasteiger partial charge in [0.05, 0.1) is 0 Å². The maximum absolute atomic E-state index is 5.91. The number of nitrogens with two attached hydrogens (primary N) is 1. The first kappa shape index (κ1) is 17.0. The summed E-state index contributed by atoms with van der Waals surface area (Å²) in [5, 5.41) is 0. The topological polar surface area (TPSA) is 29.3 Å². The Bertz CT molecular complexity index is 205. The average molecular weight is 268 g/mol. The Morgan fingerprint density at radius 1 is 0.947 bits per heavy atom. The van der Waals surface area contributed by atoms with Crippen LogP contribution in [0.2, 0.25) is 0 Å². The molecule has 2 N–H and O–H groups in total. The van der Waals surface area contributed by atoms with E-state index < -0.39 is 0 Å². The first-order valence-corrected chi connectivity index (χ1v) is 8.77. The first-order valence-electron chi connectivity index (χ1n) is 8.77. The Labute approximate surface area is 121 Å². The molecule has 0 radical (unpaired) electrons. The molecular formula is C17H36N2. The predicted octanol–water partition coefficient (Wildman–Crippen LogP) is 4.19. The van der Waals surface area contributed by atoms with Crippen molar-refractivity contribution in [3.05, 3.63) is 0 Å². The van der Waals surface area contributed by atoms with Crippen molar-refractivity contribution in [2.24, 2.45) is 11.7 Å². The van der Waals surface area contributed by atoms with Gasteiger partial charge in [0.25, 0.3) is 0 Å². The summed E-state index contributed by atoms with van der Waals surface area (Å²) in [4.78, 5) is 2.70. The number of rotatable bonds is 11. The minimum atomic E-state index is 0.768. The monoisotopic (exact) mass is 268 g/mol. The van der Waals surface area contributed by atoms with Gasteiger partial charge in [-0.05, 0) is 44.8 Å². The molecule has 0 amide bonds. The van der Waals surface area contributed by atoms with Crippen molar-refractivity contribution in [2.75, 3.05) is 19.6 Å². The molecule has 0 aliphatic heterocycles. The smallest absolute Gasteiger partial charge is 0.0135 e. The highest BCUT2D eigenvalue weighted by molar-refractivity contribution is 4.85. The van der Waals surface area contributed by atoms with Gasteiger partial charge in [0.1, 0.15) is 0 Å². The fraction of sp³-hybridized carbons (Fsp3) is 1.00. The van der Waals surface area contributed by atoms with Gasteiger partial charge in [0.2, 0.25) is 0 Å². The van der Waals surface area contributed by atoms with Crippen molar-refractivity contribution in [2.45, 2.75) is 84.1 Å². The van der Waals surface area contributed by atoms with E-state index in [0.717, 1.165) is 18.5 Å². The van der Waals surface area contributed by atoms with Crippen molar-refractivity contribution in [3.8, 4) is 0 Å². The van der Waals surface area contributed by atoms with Crippen molar-refractivity contribution in [1.29, 1.82) is 0 Å². The second-order valence-electron chi connectivity index (χ2n) is 6.24. The van der Waals surface area contributed by atoms with Gasteiger partial charge >= 0.3 is 0 Å². The van der Waals surface area contributed by atoms with Crippen molar-refractivity contribution in [1.82, 2.24) is 4.90 Å². The summed E-state index contributed by atoms with van der Waals surface area (Å²) in [6.07, 6.45) is 14.0. The number of hydrogen-bond acceptors (Lipinski definition) is 2. The van der Waals surface area contributed by atoms with Gasteiger partial charge in [-0.1, -0.05) is 58.8 Å². The first-order chi connectivity index (χ1) is 9.33. The molecule has 19 heavy (non-hydrogen) atoms. The molecule has 0 heterocycles. The Morgan fingerprint density at radius 2 is 1.63 bits per heavy atom. The number of nitrogens with zero attached hydrogens (tertiary/aromatic N) is 1. The zero-order valence-electron chi connectivity index (χ0n) is 13.4. The lowest BCUT2D eigenvalue weighted by molar-refractivity contribution is 0.167. The lowest BCUT2D eigenvalue weighted by Crippen LogP contribution is -2.40. The zero-order valence-corrected chi connectivity index (χ0v) is 13.4. The Kier molecular flexibility index (Phi) is 9.54. The normalized spacial score (nSPS) is 23.4. The van der Waals surface area contributed by atoms with Gasteiger partial charge in [-0.3, -0.25) is 0 Å². The van der Waals surface area contributed by atoms with E-state index >= 15 is 0 Å². The van der Waals surface area contributed by atoms with Crippen LogP contribution in [-0.4, -0.2) is 30.6 Å². The summed E-state index contributed by atoms with van der Waals surface area (Å²) in [6, 6.07) is 0.787. The molecule has 1 rings (SSSR count). The Morgan fingerprint density at radius 3 is 2.26 bits per heavy atom. The van der Waals surface area contributed by atoms with E-state index in [1.165, 1.54) is 77.3 Å². The summed E-state index contributed by atoms with van der Waals surface area (Å²) in [7, 11) is 0. The van der Waals surface area contributed by atoms with Gasteiger partial charge in [-0.25, -0.2) is 0 Å². The third-order valence-electron chi connectivity index (χ3n) is 4.85. The van der Waals surface area contributed by atoms with Crippen LogP contribution in [0.1, 0.15) is 78.1 Å². The fourth-order valence-corrected chi connectivity index (χ4v) is 3.60. The molecule has 0 bridgehead atoms. The Hall–Kier alpha value is -0.0800. The van der Waals surface area contributed by atoms with Crippen LogP contribution in [0, 0.1) is 5.92 Å². The van der Waals surface area contributed by atoms with Crippen molar-refractivity contribution >= 4 is 0 Å². The van der Waals surface area contributed by atoms with Gasteiger partial charge in [-0.15, -0.1) is 0 Å². The molecule has 2 atom stereocenters. The highest BCUT2D eigenvalue weighted by Crippen LogP contribution is 2.29. The standard InChI is InChI=1S/C17H36N2/c1-3-5-6-7-8-9-10-14-19(4-2)17-13-11-12-16(17)15-18/h16-17H,3-15,18H2,1-2H3. The van der Waals surface area contributed by atoms with E-state index in [1.807, 2.05) is 0 Å². The summed E-state index contributed by atoms with van der Waals surface area (Å²) in [5.74, 6) is 0.768. The summed E-state index contributed by atoms with van der Waals surface area (Å²) in [6.45, 7) is 7.99. The quantitative estimate of drug-likeness (QED) is 0.569. The summed E-state index contributed by atoms with van der Waals surface area (Å²) >= 11 is 0. The van der Waals surface area contributed by atoms with E-state index in [1.54, 1.807) is 0 Å². The van der Waals surface area contributed by atoms with Crippen LogP contribution >= 0.6 is 0 Å². The summed E-state index contributed by atoms with van der Waals surface area (Å²) in [5.41, 5.74) is 5.91. The maximum Gasteiger partial charge on any atom is 0.0135 e. The number of unbranched alkanes of at least 4 members (excludes halogenated alkanes) is 6. The maximum atomic E-state index is 5.91. The molecule has 0 aromatic rings. The molecular weight excluding hydrogens is 232 g/mol. The van der Waals surface area contributed by atoms with E-state index in [4.69, 9.17) is 5.73 Å². The third kappa shape index (κ3) is 6.27. The molecule has 0 spiro atoms. The number of hydrogen-bond donors (Lipinski definition) is 1. The zero-order chi connectivity index (χ0) is 13.9. The van der Waals surface area contributed by atoms with Gasteiger partial charge < -0.3 is 10.6 Å². The second-order valence-corrected chi connectivity index (χ2v) is 6.24. The van der Waals surface area contributed by atoms with Crippen LogP contribution in [0.3, 0.4) is 0 Å². The Balaban J connectivity index is 2.11. The average Bonchev–Trinajstić information content (AvgIpc) is 2.90. The van der Waals surface area contributed by atoms with E-state index in [0.29, 0.717) is 0 Å². The van der Waals surface area contributed by atoms with Crippen molar-refractivity contribution < 1.29 is 0 Å². The van der Waals surface area contributed by atoms with Gasteiger partial charge in [0, 0.05) is 6.04 Å². The molecule has 1 saturated carbocycles. The third-order valence-corrected chi connectivity index (χ3v) is 4.85. The fourth-order valence-electron chi connectivity index (χ4n) is 3.60. The molecule has 2 heteroatoms. The van der Waals surface area contributed by atoms with Crippen molar-refractivity contribution in [3.63, 3.8) is 0 Å². The largest absolute Gasteiger partial charge is 0.330 e. The minimum Gasteiger partial charge on any atom is -0.330 e. The van der Waals surface area contributed by atoms with Crippen LogP contribution in [-0.2, 0) is 0 Å². The van der Waals surface area contributed by atoms with Gasteiger partial charge in [0.15, 0.2) is 0 Å². The van der Waals surface area contributed by atoms with E-state index in [-0.39, 0.29) is 0 Å². The van der Waals surface area contributed by atoms with Crippen LogP contribution in [0.4, 0.5) is 0 Å². The molecule has 114 valence electrons. The van der Waals surface area contributed by atoms with E-state index in [2.05, 4.69) is 18.7 Å². The van der Waals surface area contributed by atoms with Crippen LogP contribution < -0.4 is 5.73 Å². The van der Waals surface area contributed by atoms with Crippen LogP contribution in [0.15, 0.2) is 0 Å². The molecule has 0 saturated heterocycles. The molecule has 0 aromatic carbocycles. The highest BCUT2D eigenvalue weighted by atomic mass is 15.2. The lowest BCUT2D eigenvalue weighted by atomic mass is 10.0. The minimum absolute atomic E-state index is 0.768. The van der Waals surface area contributed by atoms with Crippen LogP contribution in [0.5, 0.6) is 0 Å². The van der Waals surface area contributed by atoms with Crippen LogP contribution in [0.25, 0.3) is 0 Å². The SMILES string of the molecule is CCCCCCCCCN(CC)C1CCCC1CN. The molecule has 1 fully saturated rings. The molecule has 2 nitrogen and oxygen atoms in total. The molecule has 1 aliphatic rings. The summed E-state index contributed by atoms with van der Waals surface area (Å²) < 4.78 is 0. The molecule has 1 aliphatic carbocycles. The van der Waals surface area contributed by atoms with E-state index in [9.17, 15) is 0 Å². The second kappa shape index (κ2) is 10.7. The molecule has 2 unspecified atom stereocenters. The molecule has 0 aromatic heterocycles. The predicted molar refractivity (Wildman–Crippen MR) is 85.4 cm³/mol. The lowest BCUT2D eigenvalue weighted by Gasteiger charge is -2.31. The highest BCUT2D eigenvalue weighted by Gasteiger charge is 2.29. The van der Waals surface area contributed by atoms with Gasteiger partial charge in [-0.2, -0.15) is 0 Å².